The van der Waals surface area contributed by atoms with E-state index in [2.05, 4.69) is 5.32 Å². The molecule has 1 rings (SSSR count). The van der Waals surface area contributed by atoms with Gasteiger partial charge in [0.25, 0.3) is 5.91 Å². The molecular formula is C13H18N2O3. The zero-order valence-electron chi connectivity index (χ0n) is 10.7. The molecular weight excluding hydrogens is 232 g/mol. The quantitative estimate of drug-likeness (QED) is 0.609. The number of aryl methyl sites for hydroxylation is 1. The predicted molar refractivity (Wildman–Crippen MR) is 69.2 cm³/mol. The lowest BCUT2D eigenvalue weighted by atomic mass is 10.1. The van der Waals surface area contributed by atoms with Crippen LogP contribution < -0.4 is 11.1 Å². The van der Waals surface area contributed by atoms with E-state index >= 15 is 0 Å². The number of amides is 1. The van der Waals surface area contributed by atoms with Crippen LogP contribution in [0.3, 0.4) is 0 Å². The Bertz CT molecular complexity index is 444. The second-order valence-electron chi connectivity index (χ2n) is 3.89. The van der Waals surface area contributed by atoms with Gasteiger partial charge in [-0.1, -0.05) is 0 Å². The Hall–Kier alpha value is -2.04. The van der Waals surface area contributed by atoms with Gasteiger partial charge in [-0.3, -0.25) is 9.59 Å². The Morgan fingerprint density at radius 1 is 1.39 bits per heavy atom. The Balaban J connectivity index is 2.48. The minimum Gasteiger partial charge on any atom is -0.466 e. The molecule has 0 bridgehead atoms. The van der Waals surface area contributed by atoms with Crippen LogP contribution in [0, 0.1) is 6.92 Å². The van der Waals surface area contributed by atoms with E-state index in [0.717, 1.165) is 5.56 Å². The molecule has 5 nitrogen and oxygen atoms in total. The standard InChI is InChI=1S/C13H18N2O3/c1-3-18-12(16)6-7-15-13(17)11-5-4-10(14)8-9(11)2/h4-5,8H,3,6-7,14H2,1-2H3,(H,15,17). The summed E-state index contributed by atoms with van der Waals surface area (Å²) in [6.07, 6.45) is 0.174. The first kappa shape index (κ1) is 14.0. The highest BCUT2D eigenvalue weighted by atomic mass is 16.5. The highest BCUT2D eigenvalue weighted by molar-refractivity contribution is 5.96. The molecule has 98 valence electrons. The number of nitrogens with one attached hydrogen (secondary N) is 1. The molecule has 1 aromatic carbocycles. The maximum atomic E-state index is 11.8. The number of ether oxygens (including phenoxy) is 1. The van der Waals surface area contributed by atoms with Gasteiger partial charge in [0.1, 0.15) is 0 Å². The summed E-state index contributed by atoms with van der Waals surface area (Å²) in [5, 5.41) is 2.67. The largest absolute Gasteiger partial charge is 0.466 e. The number of hydrogen-bond donors (Lipinski definition) is 2. The molecule has 0 fully saturated rings. The number of rotatable bonds is 5. The molecule has 0 saturated heterocycles. The Labute approximate surface area is 106 Å². The number of nitrogens with two attached hydrogens (primary N) is 1. The van der Waals surface area contributed by atoms with Gasteiger partial charge in [-0.25, -0.2) is 0 Å². The van der Waals surface area contributed by atoms with Crippen LogP contribution in [0.5, 0.6) is 0 Å². The van der Waals surface area contributed by atoms with E-state index in [1.54, 1.807) is 25.1 Å². The van der Waals surface area contributed by atoms with Crippen LogP contribution in [-0.4, -0.2) is 25.0 Å². The zero-order chi connectivity index (χ0) is 13.5. The van der Waals surface area contributed by atoms with Gasteiger partial charge in [-0.2, -0.15) is 0 Å². The second kappa shape index (κ2) is 6.64. The number of esters is 1. The van der Waals surface area contributed by atoms with E-state index in [9.17, 15) is 9.59 Å². The fourth-order valence-electron chi connectivity index (χ4n) is 1.55. The van der Waals surface area contributed by atoms with E-state index in [1.165, 1.54) is 0 Å². The van der Waals surface area contributed by atoms with E-state index in [4.69, 9.17) is 10.5 Å². The SMILES string of the molecule is CCOC(=O)CCNC(=O)c1ccc(N)cc1C. The van der Waals surface area contributed by atoms with Crippen LogP contribution in [-0.2, 0) is 9.53 Å². The molecule has 1 amide bonds. The number of hydrogen-bond acceptors (Lipinski definition) is 4. The van der Waals surface area contributed by atoms with Gasteiger partial charge in [-0.05, 0) is 37.6 Å². The molecule has 0 unspecified atom stereocenters. The van der Waals surface area contributed by atoms with Gasteiger partial charge in [0.15, 0.2) is 0 Å². The number of benzene rings is 1. The highest BCUT2D eigenvalue weighted by Gasteiger charge is 2.09. The normalized spacial score (nSPS) is 9.89. The average molecular weight is 250 g/mol. The van der Waals surface area contributed by atoms with Crippen molar-refractivity contribution in [2.24, 2.45) is 0 Å². The minimum absolute atomic E-state index is 0.174. The van der Waals surface area contributed by atoms with Gasteiger partial charge >= 0.3 is 5.97 Å². The second-order valence-corrected chi connectivity index (χ2v) is 3.89. The summed E-state index contributed by atoms with van der Waals surface area (Å²) in [5.74, 6) is -0.524. The number of nitrogen functional groups attached to an aromatic ring is 1. The molecule has 18 heavy (non-hydrogen) atoms. The van der Waals surface area contributed by atoms with Crippen molar-refractivity contribution < 1.29 is 14.3 Å². The maximum absolute atomic E-state index is 11.8. The van der Waals surface area contributed by atoms with Gasteiger partial charge < -0.3 is 15.8 Å². The lowest BCUT2D eigenvalue weighted by Crippen LogP contribution is -2.27. The van der Waals surface area contributed by atoms with E-state index in [1.807, 2.05) is 6.92 Å². The van der Waals surface area contributed by atoms with Crippen LogP contribution in [0.1, 0.15) is 29.3 Å². The topological polar surface area (TPSA) is 81.4 Å². The van der Waals surface area contributed by atoms with E-state index in [-0.39, 0.29) is 24.8 Å². The summed E-state index contributed by atoms with van der Waals surface area (Å²) in [7, 11) is 0. The minimum atomic E-state index is -0.313. The van der Waals surface area contributed by atoms with E-state index < -0.39 is 0 Å². The number of carbonyl (C=O) groups is 2. The monoisotopic (exact) mass is 250 g/mol. The predicted octanol–water partition coefficient (Wildman–Crippen LogP) is 1.26. The summed E-state index contributed by atoms with van der Waals surface area (Å²) < 4.78 is 4.76. The van der Waals surface area contributed by atoms with Crippen LogP contribution in [0.4, 0.5) is 5.69 Å². The van der Waals surface area contributed by atoms with Crippen molar-refractivity contribution in [1.82, 2.24) is 5.32 Å². The molecule has 0 atom stereocenters. The Kier molecular flexibility index (Phi) is 5.17. The zero-order valence-corrected chi connectivity index (χ0v) is 10.7. The summed E-state index contributed by atoms with van der Waals surface area (Å²) in [5.41, 5.74) is 7.60. The smallest absolute Gasteiger partial charge is 0.307 e. The Morgan fingerprint density at radius 3 is 2.72 bits per heavy atom. The first-order valence-electron chi connectivity index (χ1n) is 5.84. The molecule has 5 heteroatoms. The third-order valence-corrected chi connectivity index (χ3v) is 2.42. The average Bonchev–Trinajstić information content (AvgIpc) is 2.29. The van der Waals surface area contributed by atoms with Gasteiger partial charge in [0.2, 0.25) is 0 Å². The summed E-state index contributed by atoms with van der Waals surface area (Å²) in [6, 6.07) is 5.08. The molecule has 0 aliphatic heterocycles. The van der Waals surface area contributed by atoms with Crippen molar-refractivity contribution in [3.63, 3.8) is 0 Å². The van der Waals surface area contributed by atoms with Crippen LogP contribution in [0.25, 0.3) is 0 Å². The van der Waals surface area contributed by atoms with Crippen molar-refractivity contribution in [1.29, 1.82) is 0 Å². The molecule has 0 aromatic heterocycles. The molecule has 3 N–H and O–H groups in total. The van der Waals surface area contributed by atoms with Crippen molar-refractivity contribution in [2.75, 3.05) is 18.9 Å². The summed E-state index contributed by atoms with van der Waals surface area (Å²) >= 11 is 0. The van der Waals surface area contributed by atoms with Crippen molar-refractivity contribution in [3.8, 4) is 0 Å². The maximum Gasteiger partial charge on any atom is 0.307 e. The third-order valence-electron chi connectivity index (χ3n) is 2.42. The van der Waals surface area contributed by atoms with E-state index in [0.29, 0.717) is 17.9 Å². The summed E-state index contributed by atoms with van der Waals surface area (Å²) in [6.45, 7) is 4.18. The van der Waals surface area contributed by atoms with Crippen molar-refractivity contribution >= 4 is 17.6 Å². The fraction of sp³-hybridized carbons (Fsp3) is 0.385. The molecule has 0 heterocycles. The number of carbonyl (C=O) groups excluding carboxylic acids is 2. The number of anilines is 1. The molecule has 0 aliphatic rings. The van der Waals surface area contributed by atoms with Crippen molar-refractivity contribution in [3.05, 3.63) is 29.3 Å². The van der Waals surface area contributed by atoms with Gasteiger partial charge in [-0.15, -0.1) is 0 Å². The van der Waals surface area contributed by atoms with Crippen LogP contribution >= 0.6 is 0 Å². The lowest BCUT2D eigenvalue weighted by molar-refractivity contribution is -0.142. The van der Waals surface area contributed by atoms with Gasteiger partial charge in [0.05, 0.1) is 13.0 Å². The fourth-order valence-corrected chi connectivity index (χ4v) is 1.55. The molecule has 1 aromatic rings. The van der Waals surface area contributed by atoms with Crippen molar-refractivity contribution in [2.45, 2.75) is 20.3 Å². The van der Waals surface area contributed by atoms with Crippen LogP contribution in [0.2, 0.25) is 0 Å². The molecule has 0 spiro atoms. The first-order chi connectivity index (χ1) is 8.54. The summed E-state index contributed by atoms with van der Waals surface area (Å²) in [4.78, 5) is 22.9. The molecule has 0 saturated carbocycles. The van der Waals surface area contributed by atoms with Gasteiger partial charge in [0, 0.05) is 17.8 Å². The lowest BCUT2D eigenvalue weighted by Gasteiger charge is -2.08. The third kappa shape index (κ3) is 4.08. The molecule has 0 aliphatic carbocycles. The molecule has 0 radical (unpaired) electrons. The van der Waals surface area contributed by atoms with Crippen LogP contribution in [0.15, 0.2) is 18.2 Å². The highest BCUT2D eigenvalue weighted by Crippen LogP contribution is 2.12. The Morgan fingerprint density at radius 2 is 2.11 bits per heavy atom. The first-order valence-corrected chi connectivity index (χ1v) is 5.84.